The van der Waals surface area contributed by atoms with Crippen molar-refractivity contribution < 1.29 is 9.53 Å². The van der Waals surface area contributed by atoms with Crippen LogP contribution >= 0.6 is 0 Å². The smallest absolute Gasteiger partial charge is 0.337 e. The maximum atomic E-state index is 11.5. The number of nitrogens with zero attached hydrogens (tertiary/aromatic N) is 2. The van der Waals surface area contributed by atoms with E-state index in [1.54, 1.807) is 18.3 Å². The second-order valence-corrected chi connectivity index (χ2v) is 3.59. The van der Waals surface area contributed by atoms with Crippen LogP contribution in [0.5, 0.6) is 0 Å². The number of carbonyl (C=O) groups excluding carboxylic acids is 1. The minimum atomic E-state index is -0.368. The third kappa shape index (κ3) is 2.47. The van der Waals surface area contributed by atoms with Gasteiger partial charge in [-0.3, -0.25) is 9.97 Å². The third-order valence-electron chi connectivity index (χ3n) is 2.30. The molecule has 0 N–H and O–H groups in total. The van der Waals surface area contributed by atoms with Gasteiger partial charge < -0.3 is 4.74 Å². The summed E-state index contributed by atoms with van der Waals surface area (Å²) in [5, 5.41) is 0. The predicted octanol–water partition coefficient (Wildman–Crippen LogP) is 2.24. The summed E-state index contributed by atoms with van der Waals surface area (Å²) < 4.78 is 4.70. The molecule has 2 heterocycles. The van der Waals surface area contributed by atoms with Crippen LogP contribution < -0.4 is 0 Å². The van der Waals surface area contributed by atoms with Crippen LogP contribution in [0.15, 0.2) is 36.5 Å². The van der Waals surface area contributed by atoms with Gasteiger partial charge in [0.05, 0.1) is 24.1 Å². The van der Waals surface area contributed by atoms with Crippen molar-refractivity contribution in [1.29, 1.82) is 0 Å². The maximum absolute atomic E-state index is 11.5. The molecule has 0 spiro atoms. The van der Waals surface area contributed by atoms with Crippen LogP contribution in [0.4, 0.5) is 0 Å². The zero-order valence-corrected chi connectivity index (χ0v) is 9.68. The first-order chi connectivity index (χ1) is 8.20. The Morgan fingerprint density at radius 1 is 1.24 bits per heavy atom. The molecule has 0 radical (unpaired) electrons. The summed E-state index contributed by atoms with van der Waals surface area (Å²) in [6, 6.07) is 8.94. The molecule has 0 aliphatic carbocycles. The van der Waals surface area contributed by atoms with Crippen molar-refractivity contribution in [3.63, 3.8) is 0 Å². The van der Waals surface area contributed by atoms with Crippen molar-refractivity contribution in [3.05, 3.63) is 47.8 Å². The molecule has 0 bridgehead atoms. The van der Waals surface area contributed by atoms with E-state index >= 15 is 0 Å². The average molecular weight is 228 g/mol. The predicted molar refractivity (Wildman–Crippen MR) is 63.5 cm³/mol. The highest BCUT2D eigenvalue weighted by molar-refractivity contribution is 5.90. The fourth-order valence-corrected chi connectivity index (χ4v) is 1.55. The summed E-state index contributed by atoms with van der Waals surface area (Å²) in [5.41, 5.74) is 2.65. The van der Waals surface area contributed by atoms with E-state index in [1.165, 1.54) is 7.11 Å². The summed E-state index contributed by atoms with van der Waals surface area (Å²) in [5.74, 6) is -0.368. The maximum Gasteiger partial charge on any atom is 0.337 e. The SMILES string of the molecule is COC(=O)c1cc(C)nc(-c2ccccn2)c1. The quantitative estimate of drug-likeness (QED) is 0.740. The molecule has 0 saturated carbocycles. The number of carbonyl (C=O) groups is 1. The van der Waals surface area contributed by atoms with E-state index in [2.05, 4.69) is 9.97 Å². The Labute approximate surface area is 99.3 Å². The number of pyridine rings is 2. The van der Waals surface area contributed by atoms with Crippen molar-refractivity contribution in [3.8, 4) is 11.4 Å². The average Bonchev–Trinajstić information content (AvgIpc) is 2.38. The normalized spacial score (nSPS) is 10.0. The van der Waals surface area contributed by atoms with E-state index < -0.39 is 0 Å². The van der Waals surface area contributed by atoms with Gasteiger partial charge in [0.15, 0.2) is 0 Å². The number of hydrogen-bond donors (Lipinski definition) is 0. The minimum absolute atomic E-state index is 0.368. The highest BCUT2D eigenvalue weighted by Gasteiger charge is 2.10. The van der Waals surface area contributed by atoms with Gasteiger partial charge in [0.2, 0.25) is 0 Å². The summed E-state index contributed by atoms with van der Waals surface area (Å²) in [6.45, 7) is 1.83. The standard InChI is InChI=1S/C13H12N2O2/c1-9-7-10(13(16)17-2)8-12(15-9)11-5-3-4-6-14-11/h3-8H,1-2H3. The zero-order chi connectivity index (χ0) is 12.3. The second-order valence-electron chi connectivity index (χ2n) is 3.59. The monoisotopic (exact) mass is 228 g/mol. The van der Waals surface area contributed by atoms with Gasteiger partial charge in [-0.15, -0.1) is 0 Å². The Balaban J connectivity index is 2.49. The first-order valence-electron chi connectivity index (χ1n) is 5.19. The van der Waals surface area contributed by atoms with Crippen LogP contribution in [0, 0.1) is 6.92 Å². The van der Waals surface area contributed by atoms with Gasteiger partial charge in [0.25, 0.3) is 0 Å². The molecule has 17 heavy (non-hydrogen) atoms. The molecule has 2 aromatic rings. The van der Waals surface area contributed by atoms with Gasteiger partial charge >= 0.3 is 5.97 Å². The van der Waals surface area contributed by atoms with Gasteiger partial charge in [-0.05, 0) is 31.2 Å². The lowest BCUT2D eigenvalue weighted by Gasteiger charge is -2.04. The lowest BCUT2D eigenvalue weighted by Crippen LogP contribution is -2.03. The molecule has 0 unspecified atom stereocenters. The number of hydrogen-bond acceptors (Lipinski definition) is 4. The van der Waals surface area contributed by atoms with Crippen LogP contribution in [-0.4, -0.2) is 23.0 Å². The van der Waals surface area contributed by atoms with Gasteiger partial charge in [0, 0.05) is 11.9 Å². The van der Waals surface area contributed by atoms with Crippen molar-refractivity contribution in [2.75, 3.05) is 7.11 Å². The van der Waals surface area contributed by atoms with E-state index in [0.29, 0.717) is 11.3 Å². The van der Waals surface area contributed by atoms with Crippen molar-refractivity contribution in [2.24, 2.45) is 0 Å². The van der Waals surface area contributed by atoms with Crippen LogP contribution in [0.3, 0.4) is 0 Å². The Kier molecular flexibility index (Phi) is 3.14. The molecule has 0 saturated heterocycles. The van der Waals surface area contributed by atoms with E-state index in [9.17, 15) is 4.79 Å². The lowest BCUT2D eigenvalue weighted by molar-refractivity contribution is 0.0600. The van der Waals surface area contributed by atoms with Crippen LogP contribution in [0.1, 0.15) is 16.1 Å². The van der Waals surface area contributed by atoms with Gasteiger partial charge in [-0.1, -0.05) is 6.07 Å². The molecule has 0 aromatic carbocycles. The van der Waals surface area contributed by atoms with E-state index in [1.807, 2.05) is 25.1 Å². The molecule has 0 atom stereocenters. The van der Waals surface area contributed by atoms with Crippen molar-refractivity contribution >= 4 is 5.97 Å². The summed E-state index contributed by atoms with van der Waals surface area (Å²) >= 11 is 0. The Morgan fingerprint density at radius 3 is 2.71 bits per heavy atom. The summed E-state index contributed by atoms with van der Waals surface area (Å²) in [6.07, 6.45) is 1.69. The summed E-state index contributed by atoms with van der Waals surface area (Å²) in [7, 11) is 1.36. The van der Waals surface area contributed by atoms with E-state index in [4.69, 9.17) is 4.74 Å². The van der Waals surface area contributed by atoms with Gasteiger partial charge in [-0.25, -0.2) is 4.79 Å². The first-order valence-corrected chi connectivity index (χ1v) is 5.19. The Bertz CT molecular complexity index is 538. The van der Waals surface area contributed by atoms with Crippen molar-refractivity contribution in [2.45, 2.75) is 6.92 Å². The van der Waals surface area contributed by atoms with Gasteiger partial charge in [-0.2, -0.15) is 0 Å². The van der Waals surface area contributed by atoms with Gasteiger partial charge in [0.1, 0.15) is 0 Å². The zero-order valence-electron chi connectivity index (χ0n) is 9.68. The molecule has 0 fully saturated rings. The third-order valence-corrected chi connectivity index (χ3v) is 2.30. The molecular formula is C13H12N2O2. The largest absolute Gasteiger partial charge is 0.465 e. The highest BCUT2D eigenvalue weighted by atomic mass is 16.5. The fraction of sp³-hybridized carbons (Fsp3) is 0.154. The number of methoxy groups -OCH3 is 1. The molecule has 2 aromatic heterocycles. The molecular weight excluding hydrogens is 216 g/mol. The molecule has 86 valence electrons. The number of aryl methyl sites for hydroxylation is 1. The van der Waals surface area contributed by atoms with Crippen LogP contribution in [-0.2, 0) is 4.74 Å². The number of aromatic nitrogens is 2. The highest BCUT2D eigenvalue weighted by Crippen LogP contribution is 2.17. The Hall–Kier alpha value is -2.23. The molecule has 2 rings (SSSR count). The fourth-order valence-electron chi connectivity index (χ4n) is 1.55. The number of rotatable bonds is 2. The first kappa shape index (κ1) is 11.3. The van der Waals surface area contributed by atoms with Crippen molar-refractivity contribution in [1.82, 2.24) is 9.97 Å². The topological polar surface area (TPSA) is 52.1 Å². The molecule has 0 aliphatic heterocycles. The van der Waals surface area contributed by atoms with Crippen LogP contribution in [0.2, 0.25) is 0 Å². The minimum Gasteiger partial charge on any atom is -0.465 e. The molecule has 4 nitrogen and oxygen atoms in total. The Morgan fingerprint density at radius 2 is 2.06 bits per heavy atom. The van der Waals surface area contributed by atoms with Crippen LogP contribution in [0.25, 0.3) is 11.4 Å². The lowest BCUT2D eigenvalue weighted by atomic mass is 10.1. The molecule has 0 aliphatic rings. The summed E-state index contributed by atoms with van der Waals surface area (Å²) in [4.78, 5) is 20.0. The number of esters is 1. The molecule has 0 amide bonds. The molecule has 4 heteroatoms. The van der Waals surface area contributed by atoms with E-state index in [-0.39, 0.29) is 5.97 Å². The number of ether oxygens (including phenoxy) is 1. The second kappa shape index (κ2) is 4.74. The van der Waals surface area contributed by atoms with E-state index in [0.717, 1.165) is 11.4 Å².